The number of anilines is 1. The van der Waals surface area contributed by atoms with E-state index in [1.165, 1.54) is 0 Å². The van der Waals surface area contributed by atoms with Crippen molar-refractivity contribution in [2.45, 2.75) is 6.61 Å². The van der Waals surface area contributed by atoms with E-state index < -0.39 is 0 Å². The molecule has 4 nitrogen and oxygen atoms in total. The minimum Gasteiger partial charge on any atom is -0.489 e. The summed E-state index contributed by atoms with van der Waals surface area (Å²) in [5, 5.41) is 3.47. The zero-order valence-corrected chi connectivity index (χ0v) is 13.5. The zero-order valence-electron chi connectivity index (χ0n) is 12.8. The standard InChI is InChI=1S/C19H15ClN2O2/c20-18-7-2-1-4-15(18)13-24-17-6-3-5-14(12-17)19(23)22-16-8-10-21-11-9-16/h1-12H,13H2,(H,21,22,23). The maximum atomic E-state index is 12.3. The molecule has 120 valence electrons. The highest BCUT2D eigenvalue weighted by atomic mass is 35.5. The lowest BCUT2D eigenvalue weighted by molar-refractivity contribution is 0.102. The van der Waals surface area contributed by atoms with E-state index in [1.54, 1.807) is 48.8 Å². The SMILES string of the molecule is O=C(Nc1ccncc1)c1cccc(OCc2ccccc2Cl)c1. The van der Waals surface area contributed by atoms with Crippen molar-refractivity contribution >= 4 is 23.2 Å². The van der Waals surface area contributed by atoms with Crippen molar-refractivity contribution in [1.29, 1.82) is 0 Å². The third-order valence-corrected chi connectivity index (χ3v) is 3.76. The number of hydrogen-bond acceptors (Lipinski definition) is 3. The van der Waals surface area contributed by atoms with E-state index in [0.29, 0.717) is 28.6 Å². The Balaban J connectivity index is 1.68. The van der Waals surface area contributed by atoms with Crippen LogP contribution in [0.2, 0.25) is 5.02 Å². The monoisotopic (exact) mass is 338 g/mol. The molecule has 0 saturated heterocycles. The molecule has 0 unspecified atom stereocenters. The number of nitrogens with zero attached hydrogens (tertiary/aromatic N) is 1. The summed E-state index contributed by atoms with van der Waals surface area (Å²) in [6.07, 6.45) is 3.25. The van der Waals surface area contributed by atoms with Gasteiger partial charge in [-0.25, -0.2) is 0 Å². The van der Waals surface area contributed by atoms with Crippen molar-refractivity contribution in [2.75, 3.05) is 5.32 Å². The van der Waals surface area contributed by atoms with Crippen molar-refractivity contribution in [2.24, 2.45) is 0 Å². The molecule has 24 heavy (non-hydrogen) atoms. The van der Waals surface area contributed by atoms with E-state index in [4.69, 9.17) is 16.3 Å². The molecular formula is C19H15ClN2O2. The Morgan fingerprint density at radius 1 is 1.04 bits per heavy atom. The van der Waals surface area contributed by atoms with Gasteiger partial charge in [-0.15, -0.1) is 0 Å². The Hall–Kier alpha value is -2.85. The van der Waals surface area contributed by atoms with Gasteiger partial charge >= 0.3 is 0 Å². The Labute approximate surface area is 145 Å². The molecule has 3 aromatic rings. The molecule has 1 aromatic heterocycles. The summed E-state index contributed by atoms with van der Waals surface area (Å²) in [5.74, 6) is 0.404. The van der Waals surface area contributed by atoms with Gasteiger partial charge in [-0.3, -0.25) is 9.78 Å². The Morgan fingerprint density at radius 2 is 1.83 bits per heavy atom. The highest BCUT2D eigenvalue weighted by Gasteiger charge is 2.08. The number of pyridine rings is 1. The molecule has 0 bridgehead atoms. The topological polar surface area (TPSA) is 51.2 Å². The van der Waals surface area contributed by atoms with Crippen molar-refractivity contribution in [3.8, 4) is 5.75 Å². The lowest BCUT2D eigenvalue weighted by Crippen LogP contribution is -2.12. The van der Waals surface area contributed by atoms with Crippen LogP contribution in [-0.2, 0) is 6.61 Å². The van der Waals surface area contributed by atoms with E-state index >= 15 is 0 Å². The molecule has 0 aliphatic rings. The van der Waals surface area contributed by atoms with Crippen molar-refractivity contribution in [3.05, 3.63) is 89.2 Å². The van der Waals surface area contributed by atoms with Crippen molar-refractivity contribution in [1.82, 2.24) is 4.98 Å². The minimum absolute atomic E-state index is 0.204. The first-order valence-electron chi connectivity index (χ1n) is 7.40. The van der Waals surface area contributed by atoms with Crippen molar-refractivity contribution in [3.63, 3.8) is 0 Å². The van der Waals surface area contributed by atoms with Gasteiger partial charge in [0.25, 0.3) is 5.91 Å². The Kier molecular flexibility index (Phi) is 5.08. The van der Waals surface area contributed by atoms with Gasteiger partial charge in [0.2, 0.25) is 0 Å². The zero-order chi connectivity index (χ0) is 16.8. The van der Waals surface area contributed by atoms with Gasteiger partial charge < -0.3 is 10.1 Å². The first kappa shape index (κ1) is 16.0. The smallest absolute Gasteiger partial charge is 0.255 e. The fourth-order valence-electron chi connectivity index (χ4n) is 2.14. The average Bonchev–Trinajstić information content (AvgIpc) is 2.62. The van der Waals surface area contributed by atoms with Crippen LogP contribution in [0.25, 0.3) is 0 Å². The van der Waals surface area contributed by atoms with Gasteiger partial charge in [0.15, 0.2) is 0 Å². The average molecular weight is 339 g/mol. The fourth-order valence-corrected chi connectivity index (χ4v) is 2.33. The number of halogens is 1. The molecule has 1 amide bonds. The lowest BCUT2D eigenvalue weighted by Gasteiger charge is -2.09. The van der Waals surface area contributed by atoms with Gasteiger partial charge in [0.1, 0.15) is 12.4 Å². The first-order chi connectivity index (χ1) is 11.7. The number of nitrogens with one attached hydrogen (secondary N) is 1. The number of aromatic nitrogens is 1. The molecular weight excluding hydrogens is 324 g/mol. The molecule has 0 spiro atoms. The normalized spacial score (nSPS) is 10.2. The second-order valence-corrected chi connectivity index (χ2v) is 5.51. The van der Waals surface area contributed by atoms with Crippen LogP contribution in [0.5, 0.6) is 5.75 Å². The molecule has 0 radical (unpaired) electrons. The van der Waals surface area contributed by atoms with Crippen LogP contribution < -0.4 is 10.1 Å². The number of rotatable bonds is 5. The van der Waals surface area contributed by atoms with Crippen LogP contribution >= 0.6 is 11.6 Å². The molecule has 3 rings (SSSR count). The number of benzene rings is 2. The molecule has 5 heteroatoms. The number of carbonyl (C=O) groups excluding carboxylic acids is 1. The Bertz CT molecular complexity index is 838. The van der Waals surface area contributed by atoms with Gasteiger partial charge in [-0.1, -0.05) is 35.9 Å². The second-order valence-electron chi connectivity index (χ2n) is 5.10. The molecule has 1 N–H and O–H groups in total. The molecule has 0 atom stereocenters. The van der Waals surface area contributed by atoms with Gasteiger partial charge in [-0.2, -0.15) is 0 Å². The largest absolute Gasteiger partial charge is 0.489 e. The third kappa shape index (κ3) is 4.12. The van der Waals surface area contributed by atoms with Crippen LogP contribution in [-0.4, -0.2) is 10.9 Å². The van der Waals surface area contributed by atoms with E-state index in [1.807, 2.05) is 24.3 Å². The summed E-state index contributed by atoms with van der Waals surface area (Å²) < 4.78 is 5.74. The number of amides is 1. The van der Waals surface area contributed by atoms with Crippen LogP contribution in [0.15, 0.2) is 73.1 Å². The van der Waals surface area contributed by atoms with Gasteiger partial charge in [-0.05, 0) is 36.4 Å². The van der Waals surface area contributed by atoms with Gasteiger partial charge in [0.05, 0.1) is 0 Å². The van der Waals surface area contributed by atoms with Crippen LogP contribution in [0, 0.1) is 0 Å². The first-order valence-corrected chi connectivity index (χ1v) is 7.78. The summed E-state index contributed by atoms with van der Waals surface area (Å²) in [6, 6.07) is 18.0. The summed E-state index contributed by atoms with van der Waals surface area (Å²) in [5.41, 5.74) is 2.10. The third-order valence-electron chi connectivity index (χ3n) is 3.39. The van der Waals surface area contributed by atoms with E-state index in [9.17, 15) is 4.79 Å². The maximum absolute atomic E-state index is 12.3. The van der Waals surface area contributed by atoms with E-state index in [2.05, 4.69) is 10.3 Å². The minimum atomic E-state index is -0.204. The molecule has 1 heterocycles. The molecule has 2 aromatic carbocycles. The highest BCUT2D eigenvalue weighted by Crippen LogP contribution is 2.20. The predicted octanol–water partition coefficient (Wildman–Crippen LogP) is 4.57. The summed E-state index contributed by atoms with van der Waals surface area (Å²) >= 11 is 6.11. The van der Waals surface area contributed by atoms with Crippen LogP contribution in [0.3, 0.4) is 0 Å². The number of carbonyl (C=O) groups is 1. The fraction of sp³-hybridized carbons (Fsp3) is 0.0526. The summed E-state index contributed by atoms with van der Waals surface area (Å²) in [6.45, 7) is 0.342. The van der Waals surface area contributed by atoms with Gasteiger partial charge in [0, 0.05) is 34.2 Å². The number of hydrogen-bond donors (Lipinski definition) is 1. The Morgan fingerprint density at radius 3 is 2.62 bits per heavy atom. The lowest BCUT2D eigenvalue weighted by atomic mass is 10.2. The van der Waals surface area contributed by atoms with E-state index in [0.717, 1.165) is 5.56 Å². The van der Waals surface area contributed by atoms with Crippen LogP contribution in [0.1, 0.15) is 15.9 Å². The van der Waals surface area contributed by atoms with Crippen molar-refractivity contribution < 1.29 is 9.53 Å². The van der Waals surface area contributed by atoms with Crippen LogP contribution in [0.4, 0.5) is 5.69 Å². The molecule has 0 aliphatic carbocycles. The second kappa shape index (κ2) is 7.62. The van der Waals surface area contributed by atoms with E-state index in [-0.39, 0.29) is 5.91 Å². The molecule has 0 saturated carbocycles. The predicted molar refractivity (Wildman–Crippen MR) is 94.4 cm³/mol. The highest BCUT2D eigenvalue weighted by molar-refractivity contribution is 6.31. The number of ether oxygens (including phenoxy) is 1. The quantitative estimate of drug-likeness (QED) is 0.741. The molecule has 0 fully saturated rings. The molecule has 0 aliphatic heterocycles. The summed E-state index contributed by atoms with van der Waals surface area (Å²) in [7, 11) is 0. The maximum Gasteiger partial charge on any atom is 0.255 e. The summed E-state index contributed by atoms with van der Waals surface area (Å²) in [4.78, 5) is 16.2.